The number of nitrogens with one attached hydrogen (secondary N) is 1. The van der Waals surface area contributed by atoms with Crippen LogP contribution < -0.4 is 5.32 Å². The van der Waals surface area contributed by atoms with Crippen molar-refractivity contribution in [2.45, 2.75) is 37.6 Å². The van der Waals surface area contributed by atoms with Gasteiger partial charge in [0, 0.05) is 6.92 Å². The van der Waals surface area contributed by atoms with Gasteiger partial charge in [-0.3, -0.25) is 4.79 Å². The van der Waals surface area contributed by atoms with Gasteiger partial charge in [0.2, 0.25) is 5.91 Å². The van der Waals surface area contributed by atoms with Crippen LogP contribution in [0.1, 0.15) is 48.4 Å². The third-order valence-electron chi connectivity index (χ3n) is 7.13. The Morgan fingerprint density at radius 3 is 1.30 bits per heavy atom. The summed E-state index contributed by atoms with van der Waals surface area (Å²) in [7, 11) is 0. The Kier molecular flexibility index (Phi) is 10.7. The predicted molar refractivity (Wildman–Crippen MR) is 166 cm³/mol. The fraction of sp³-hybridized carbons (Fsp3) is 0.194. The molecule has 240 valence electrons. The van der Waals surface area contributed by atoms with E-state index in [1.807, 2.05) is 0 Å². The summed E-state index contributed by atoms with van der Waals surface area (Å²) in [5.41, 5.74) is 0.742. The number of carbonyl (C=O) groups is 5. The molecule has 5 unspecified atom stereocenters. The second-order valence-corrected chi connectivity index (χ2v) is 10.5. The summed E-state index contributed by atoms with van der Waals surface area (Å²) < 4.78 is 29.4. The van der Waals surface area contributed by atoms with Crippen molar-refractivity contribution < 1.29 is 47.7 Å². The minimum Gasteiger partial charge on any atom is -0.459 e. The first-order valence-corrected chi connectivity index (χ1v) is 14.7. The highest BCUT2D eigenvalue weighted by atomic mass is 16.7. The number of benzene rings is 4. The fourth-order valence-corrected chi connectivity index (χ4v) is 4.88. The van der Waals surface area contributed by atoms with Gasteiger partial charge in [-0.25, -0.2) is 19.2 Å². The van der Waals surface area contributed by atoms with Crippen molar-refractivity contribution in [3.05, 3.63) is 144 Å². The van der Waals surface area contributed by atoms with Crippen LogP contribution in [0.15, 0.2) is 121 Å². The molecule has 5 atom stereocenters. The molecule has 4 aromatic rings. The van der Waals surface area contributed by atoms with Crippen molar-refractivity contribution in [1.82, 2.24) is 5.32 Å². The van der Waals surface area contributed by atoms with E-state index in [4.69, 9.17) is 23.7 Å². The topological polar surface area (TPSA) is 144 Å². The number of rotatable bonds is 10. The molecule has 4 aromatic carbocycles. The zero-order valence-electron chi connectivity index (χ0n) is 25.2. The number of carbonyl (C=O) groups excluding carboxylic acids is 5. The van der Waals surface area contributed by atoms with E-state index >= 15 is 0 Å². The number of hydrogen-bond acceptors (Lipinski definition) is 10. The Morgan fingerprint density at radius 1 is 0.532 bits per heavy atom. The molecule has 11 heteroatoms. The van der Waals surface area contributed by atoms with E-state index in [2.05, 4.69) is 5.32 Å². The molecular formula is C36H31NO10. The maximum atomic E-state index is 13.5. The van der Waals surface area contributed by atoms with Crippen LogP contribution in [0.3, 0.4) is 0 Å². The zero-order valence-corrected chi connectivity index (χ0v) is 25.2. The molecule has 0 spiro atoms. The Hall–Kier alpha value is -5.81. The molecule has 47 heavy (non-hydrogen) atoms. The van der Waals surface area contributed by atoms with E-state index in [1.165, 1.54) is 43.3 Å². The van der Waals surface area contributed by atoms with Gasteiger partial charge >= 0.3 is 23.9 Å². The normalized spacial score (nSPS) is 20.2. The van der Waals surface area contributed by atoms with Gasteiger partial charge in [0.05, 0.1) is 22.3 Å². The molecule has 1 amide bonds. The molecule has 1 fully saturated rings. The third-order valence-corrected chi connectivity index (χ3v) is 7.13. The molecule has 0 radical (unpaired) electrons. The SMILES string of the molecule is CC(=O)NC1OC(COC(=O)c2ccccc2)C(OC(=O)c2ccccc2)C(OC(=O)c2ccccc2)C1OC(=O)c1ccccc1. The van der Waals surface area contributed by atoms with E-state index < -0.39 is 67.0 Å². The summed E-state index contributed by atoms with van der Waals surface area (Å²) in [5.74, 6) is -3.74. The Bertz CT molecular complexity index is 1680. The molecule has 0 bridgehead atoms. The van der Waals surface area contributed by atoms with Crippen LogP contribution in [-0.2, 0) is 28.5 Å². The standard InChI is InChI=1S/C36H31NO10/c1-23(38)37-32-31(47-36(42)27-20-12-5-13-21-27)30(46-35(41)26-18-10-4-11-19-26)29(45-34(40)25-16-8-3-9-17-25)28(44-32)22-43-33(39)24-14-6-2-7-15-24/h2-21,28-32H,22H2,1H3,(H,37,38). The van der Waals surface area contributed by atoms with Crippen molar-refractivity contribution in [3.8, 4) is 0 Å². The van der Waals surface area contributed by atoms with E-state index in [0.29, 0.717) is 0 Å². The fourth-order valence-electron chi connectivity index (χ4n) is 4.88. The van der Waals surface area contributed by atoms with Gasteiger partial charge in [0.15, 0.2) is 24.5 Å². The number of hydrogen-bond donors (Lipinski definition) is 1. The Balaban J connectivity index is 1.54. The quantitative estimate of drug-likeness (QED) is 0.197. The molecule has 0 saturated carbocycles. The first kappa shape index (κ1) is 32.6. The third kappa shape index (κ3) is 8.47. The molecule has 1 saturated heterocycles. The lowest BCUT2D eigenvalue weighted by Gasteiger charge is -2.44. The lowest BCUT2D eigenvalue weighted by Crippen LogP contribution is -2.66. The molecule has 0 aromatic heterocycles. The Morgan fingerprint density at radius 2 is 0.894 bits per heavy atom. The second kappa shape index (κ2) is 15.5. The van der Waals surface area contributed by atoms with Gasteiger partial charge < -0.3 is 29.0 Å². The average molecular weight is 638 g/mol. The minimum absolute atomic E-state index is 0.156. The van der Waals surface area contributed by atoms with Crippen LogP contribution >= 0.6 is 0 Å². The molecule has 1 aliphatic rings. The lowest BCUT2D eigenvalue weighted by molar-refractivity contribution is -0.235. The largest absolute Gasteiger partial charge is 0.459 e. The summed E-state index contributed by atoms with van der Waals surface area (Å²) in [6, 6.07) is 32.2. The monoisotopic (exact) mass is 637 g/mol. The van der Waals surface area contributed by atoms with Gasteiger partial charge in [-0.15, -0.1) is 0 Å². The van der Waals surface area contributed by atoms with Crippen molar-refractivity contribution in [1.29, 1.82) is 0 Å². The summed E-state index contributed by atoms with van der Waals surface area (Å²) >= 11 is 0. The molecule has 5 rings (SSSR count). The van der Waals surface area contributed by atoms with E-state index in [-0.39, 0.29) is 22.3 Å². The van der Waals surface area contributed by atoms with E-state index in [9.17, 15) is 24.0 Å². The highest BCUT2D eigenvalue weighted by Crippen LogP contribution is 2.30. The van der Waals surface area contributed by atoms with E-state index in [1.54, 1.807) is 84.9 Å². The second-order valence-electron chi connectivity index (χ2n) is 10.5. The molecule has 0 aliphatic carbocycles. The summed E-state index contributed by atoms with van der Waals surface area (Å²) in [6.45, 7) is 0.728. The highest BCUT2D eigenvalue weighted by Gasteiger charge is 2.53. The predicted octanol–water partition coefficient (Wildman–Crippen LogP) is 4.38. The van der Waals surface area contributed by atoms with Crippen molar-refractivity contribution in [2.75, 3.05) is 6.61 Å². The summed E-state index contributed by atoms with van der Waals surface area (Å²) in [4.78, 5) is 65.5. The van der Waals surface area contributed by atoms with Crippen LogP contribution in [0.25, 0.3) is 0 Å². The first-order chi connectivity index (χ1) is 22.8. The summed E-state index contributed by atoms with van der Waals surface area (Å²) in [5, 5.41) is 2.58. The first-order valence-electron chi connectivity index (χ1n) is 14.7. The maximum Gasteiger partial charge on any atom is 0.338 e. The van der Waals surface area contributed by atoms with Crippen LogP contribution in [0, 0.1) is 0 Å². The van der Waals surface area contributed by atoms with Crippen LogP contribution in [0.2, 0.25) is 0 Å². The van der Waals surface area contributed by atoms with Crippen LogP contribution in [0.5, 0.6) is 0 Å². The Labute approximate surface area is 270 Å². The highest BCUT2D eigenvalue weighted by molar-refractivity contribution is 5.91. The van der Waals surface area contributed by atoms with Crippen LogP contribution in [0.4, 0.5) is 0 Å². The summed E-state index contributed by atoms with van der Waals surface area (Å²) in [6.07, 6.45) is -7.27. The van der Waals surface area contributed by atoms with Crippen molar-refractivity contribution in [3.63, 3.8) is 0 Å². The van der Waals surface area contributed by atoms with Gasteiger partial charge in [-0.1, -0.05) is 72.8 Å². The van der Waals surface area contributed by atoms with Gasteiger partial charge in [-0.2, -0.15) is 0 Å². The van der Waals surface area contributed by atoms with Gasteiger partial charge in [-0.05, 0) is 48.5 Å². The van der Waals surface area contributed by atoms with Crippen LogP contribution in [-0.4, -0.2) is 67.0 Å². The number of esters is 4. The molecule has 1 heterocycles. The zero-order chi connectivity index (χ0) is 33.2. The lowest BCUT2D eigenvalue weighted by atomic mass is 9.96. The molecule has 1 N–H and O–H groups in total. The number of amides is 1. The number of ether oxygens (including phenoxy) is 5. The van der Waals surface area contributed by atoms with Crippen molar-refractivity contribution in [2.24, 2.45) is 0 Å². The molecule has 11 nitrogen and oxygen atoms in total. The molecular weight excluding hydrogens is 606 g/mol. The maximum absolute atomic E-state index is 13.5. The van der Waals surface area contributed by atoms with E-state index in [0.717, 1.165) is 0 Å². The molecule has 1 aliphatic heterocycles. The average Bonchev–Trinajstić information content (AvgIpc) is 3.10. The van der Waals surface area contributed by atoms with Gasteiger partial charge in [0.1, 0.15) is 12.7 Å². The minimum atomic E-state index is -1.55. The van der Waals surface area contributed by atoms with Crippen molar-refractivity contribution >= 4 is 29.8 Å². The smallest absolute Gasteiger partial charge is 0.338 e. The van der Waals surface area contributed by atoms with Gasteiger partial charge in [0.25, 0.3) is 0 Å².